The molecule has 1 N–H and O–H groups in total. The van der Waals surface area contributed by atoms with Crippen LogP contribution in [0, 0.1) is 0 Å². The van der Waals surface area contributed by atoms with Crippen molar-refractivity contribution < 1.29 is 9.84 Å². The van der Waals surface area contributed by atoms with Crippen LogP contribution < -0.4 is 4.74 Å². The number of hydrogen-bond donors (Lipinski definition) is 1. The van der Waals surface area contributed by atoms with E-state index in [1.165, 1.54) is 44.9 Å². The number of ether oxygens (including phenoxy) is 1. The van der Waals surface area contributed by atoms with Crippen molar-refractivity contribution in [3.05, 3.63) is 59.7 Å². The lowest BCUT2D eigenvalue weighted by Crippen LogP contribution is -2.00. The lowest BCUT2D eigenvalue weighted by Gasteiger charge is -2.11. The SMILES string of the molecule is CCCCCCCCCC=CC=CC=Cc1cccc(OCCC)c1CO. The van der Waals surface area contributed by atoms with Crippen molar-refractivity contribution in [1.82, 2.24) is 0 Å². The van der Waals surface area contributed by atoms with Gasteiger partial charge < -0.3 is 9.84 Å². The molecule has 1 rings (SSSR count). The van der Waals surface area contributed by atoms with Gasteiger partial charge in [0.2, 0.25) is 0 Å². The molecule has 1 aromatic rings. The van der Waals surface area contributed by atoms with E-state index in [0.717, 1.165) is 29.7 Å². The fourth-order valence-electron chi connectivity index (χ4n) is 2.94. The van der Waals surface area contributed by atoms with E-state index in [1.54, 1.807) is 0 Å². The zero-order valence-corrected chi connectivity index (χ0v) is 17.3. The van der Waals surface area contributed by atoms with Gasteiger partial charge in [-0.1, -0.05) is 101 Å². The molecule has 0 aliphatic carbocycles. The van der Waals surface area contributed by atoms with Crippen LogP contribution in [0.4, 0.5) is 0 Å². The molecule has 0 saturated carbocycles. The third-order valence-electron chi connectivity index (χ3n) is 4.51. The number of rotatable bonds is 15. The summed E-state index contributed by atoms with van der Waals surface area (Å²) < 4.78 is 5.71. The van der Waals surface area contributed by atoms with Gasteiger partial charge in [-0.15, -0.1) is 0 Å². The average molecular weight is 371 g/mol. The number of aliphatic hydroxyl groups is 1. The first-order chi connectivity index (χ1) is 13.3. The van der Waals surface area contributed by atoms with E-state index in [0.29, 0.717) is 6.61 Å². The fourth-order valence-corrected chi connectivity index (χ4v) is 2.94. The van der Waals surface area contributed by atoms with Gasteiger partial charge >= 0.3 is 0 Å². The topological polar surface area (TPSA) is 29.5 Å². The Morgan fingerprint density at radius 3 is 2.33 bits per heavy atom. The highest BCUT2D eigenvalue weighted by Gasteiger charge is 2.06. The Balaban J connectivity index is 2.33. The molecule has 1 aromatic carbocycles. The summed E-state index contributed by atoms with van der Waals surface area (Å²) in [4.78, 5) is 0. The summed E-state index contributed by atoms with van der Waals surface area (Å²) >= 11 is 0. The fraction of sp³-hybridized carbons (Fsp3) is 0.520. The number of benzene rings is 1. The molecule has 0 radical (unpaired) electrons. The largest absolute Gasteiger partial charge is 0.493 e. The number of allylic oxidation sites excluding steroid dienone is 5. The summed E-state index contributed by atoms with van der Waals surface area (Å²) in [6.07, 6.45) is 24.1. The van der Waals surface area contributed by atoms with Gasteiger partial charge in [0.25, 0.3) is 0 Å². The van der Waals surface area contributed by atoms with E-state index in [-0.39, 0.29) is 6.61 Å². The zero-order chi connectivity index (χ0) is 19.6. The molecular weight excluding hydrogens is 332 g/mol. The maximum absolute atomic E-state index is 9.66. The summed E-state index contributed by atoms with van der Waals surface area (Å²) in [7, 11) is 0. The minimum Gasteiger partial charge on any atom is -0.493 e. The molecular formula is C25H38O2. The van der Waals surface area contributed by atoms with Crippen molar-refractivity contribution in [2.75, 3.05) is 6.61 Å². The second kappa shape index (κ2) is 16.4. The van der Waals surface area contributed by atoms with Crippen LogP contribution >= 0.6 is 0 Å². The first-order valence-electron chi connectivity index (χ1n) is 10.7. The normalized spacial score (nSPS) is 12.0. The monoisotopic (exact) mass is 370 g/mol. The highest BCUT2D eigenvalue weighted by atomic mass is 16.5. The lowest BCUT2D eigenvalue weighted by atomic mass is 10.1. The van der Waals surface area contributed by atoms with E-state index in [2.05, 4.69) is 32.1 Å². The molecule has 2 heteroatoms. The summed E-state index contributed by atoms with van der Waals surface area (Å²) in [5.41, 5.74) is 1.85. The van der Waals surface area contributed by atoms with E-state index in [4.69, 9.17) is 4.74 Å². The first kappa shape index (κ1) is 23.2. The van der Waals surface area contributed by atoms with Gasteiger partial charge in [-0.25, -0.2) is 0 Å². The molecule has 2 nitrogen and oxygen atoms in total. The van der Waals surface area contributed by atoms with Crippen molar-refractivity contribution in [3.63, 3.8) is 0 Å². The summed E-state index contributed by atoms with van der Waals surface area (Å²) in [6, 6.07) is 5.89. The van der Waals surface area contributed by atoms with Crippen LogP contribution in [0.3, 0.4) is 0 Å². The standard InChI is InChI=1S/C25H38O2/c1-3-5-6-7-8-9-10-11-12-13-14-15-16-18-23-19-17-20-25(24(23)22-26)27-21-4-2/h12-20,26H,3-11,21-22H2,1-2H3. The predicted octanol–water partition coefficient (Wildman–Crippen LogP) is 7.23. The Hall–Kier alpha value is -1.80. The molecule has 0 bridgehead atoms. The van der Waals surface area contributed by atoms with Gasteiger partial charge in [-0.05, 0) is 30.9 Å². The Bertz CT molecular complexity index is 570. The van der Waals surface area contributed by atoms with E-state index < -0.39 is 0 Å². The molecule has 0 atom stereocenters. The van der Waals surface area contributed by atoms with Crippen LogP contribution in [0.25, 0.3) is 6.08 Å². The van der Waals surface area contributed by atoms with Crippen LogP contribution in [0.15, 0.2) is 48.6 Å². The molecule has 0 saturated heterocycles. The Kier molecular flexibility index (Phi) is 14.1. The average Bonchev–Trinajstić information content (AvgIpc) is 2.69. The molecule has 150 valence electrons. The molecule has 0 aliphatic rings. The summed E-state index contributed by atoms with van der Waals surface area (Å²) in [5.74, 6) is 0.778. The third kappa shape index (κ3) is 10.8. The van der Waals surface area contributed by atoms with Gasteiger partial charge in [-0.2, -0.15) is 0 Å². The van der Waals surface area contributed by atoms with Gasteiger partial charge in [0, 0.05) is 5.56 Å². The molecule has 0 aromatic heterocycles. The molecule has 0 unspecified atom stereocenters. The second-order valence-corrected chi connectivity index (χ2v) is 6.91. The van der Waals surface area contributed by atoms with E-state index in [1.807, 2.05) is 36.4 Å². The summed E-state index contributed by atoms with van der Waals surface area (Å²) in [5, 5.41) is 9.66. The molecule has 0 aliphatic heterocycles. The molecule has 0 fully saturated rings. The highest BCUT2D eigenvalue weighted by molar-refractivity contribution is 5.59. The van der Waals surface area contributed by atoms with Gasteiger partial charge in [-0.3, -0.25) is 0 Å². The van der Waals surface area contributed by atoms with Crippen molar-refractivity contribution in [3.8, 4) is 5.75 Å². The molecule has 0 heterocycles. The van der Waals surface area contributed by atoms with Crippen molar-refractivity contribution in [1.29, 1.82) is 0 Å². The van der Waals surface area contributed by atoms with Gasteiger partial charge in [0.1, 0.15) is 5.75 Å². The van der Waals surface area contributed by atoms with Gasteiger partial charge in [0.15, 0.2) is 0 Å². The highest BCUT2D eigenvalue weighted by Crippen LogP contribution is 2.24. The van der Waals surface area contributed by atoms with Crippen LogP contribution in [0.1, 0.15) is 82.8 Å². The van der Waals surface area contributed by atoms with Crippen LogP contribution in [0.5, 0.6) is 5.75 Å². The van der Waals surface area contributed by atoms with E-state index in [9.17, 15) is 5.11 Å². The number of aliphatic hydroxyl groups excluding tert-OH is 1. The Morgan fingerprint density at radius 2 is 1.59 bits per heavy atom. The predicted molar refractivity (Wildman–Crippen MR) is 118 cm³/mol. The van der Waals surface area contributed by atoms with Crippen molar-refractivity contribution in [2.45, 2.75) is 78.2 Å². The second-order valence-electron chi connectivity index (χ2n) is 6.91. The molecule has 0 amide bonds. The molecule has 27 heavy (non-hydrogen) atoms. The Labute approximate surface area is 166 Å². The number of hydrogen-bond acceptors (Lipinski definition) is 2. The number of unbranched alkanes of at least 4 members (excludes halogenated alkanes) is 7. The van der Waals surface area contributed by atoms with Crippen LogP contribution in [-0.4, -0.2) is 11.7 Å². The van der Waals surface area contributed by atoms with Crippen LogP contribution in [0.2, 0.25) is 0 Å². The quantitative estimate of drug-likeness (QED) is 0.260. The Morgan fingerprint density at radius 1 is 0.852 bits per heavy atom. The maximum atomic E-state index is 9.66. The molecule has 0 spiro atoms. The smallest absolute Gasteiger partial charge is 0.125 e. The summed E-state index contributed by atoms with van der Waals surface area (Å²) in [6.45, 7) is 5.00. The third-order valence-corrected chi connectivity index (χ3v) is 4.51. The first-order valence-corrected chi connectivity index (χ1v) is 10.7. The van der Waals surface area contributed by atoms with Crippen molar-refractivity contribution in [2.24, 2.45) is 0 Å². The minimum absolute atomic E-state index is 0.0123. The maximum Gasteiger partial charge on any atom is 0.125 e. The zero-order valence-electron chi connectivity index (χ0n) is 17.3. The van der Waals surface area contributed by atoms with Crippen molar-refractivity contribution >= 4 is 6.08 Å². The minimum atomic E-state index is -0.0123. The lowest BCUT2D eigenvalue weighted by molar-refractivity contribution is 0.262. The van der Waals surface area contributed by atoms with E-state index >= 15 is 0 Å². The van der Waals surface area contributed by atoms with Gasteiger partial charge in [0.05, 0.1) is 13.2 Å². The van der Waals surface area contributed by atoms with Crippen LogP contribution in [-0.2, 0) is 6.61 Å².